The molecule has 26 heavy (non-hydrogen) atoms. The van der Waals surface area contributed by atoms with Crippen molar-refractivity contribution in [2.75, 3.05) is 37.6 Å². The van der Waals surface area contributed by atoms with E-state index >= 15 is 0 Å². The van der Waals surface area contributed by atoms with E-state index in [-0.39, 0.29) is 24.5 Å². The zero-order chi connectivity index (χ0) is 18.2. The average Bonchev–Trinajstić information content (AvgIpc) is 2.95. The van der Waals surface area contributed by atoms with Gasteiger partial charge in [0.15, 0.2) is 0 Å². The highest BCUT2D eigenvalue weighted by molar-refractivity contribution is 5.84. The quantitative estimate of drug-likeness (QED) is 0.803. The number of urea groups is 1. The van der Waals surface area contributed by atoms with E-state index < -0.39 is 0 Å². The number of anilines is 1. The van der Waals surface area contributed by atoms with E-state index in [0.717, 1.165) is 31.7 Å². The highest BCUT2D eigenvalue weighted by Crippen LogP contribution is 2.17. The minimum atomic E-state index is -0.165. The summed E-state index contributed by atoms with van der Waals surface area (Å²) >= 11 is 0. The number of hydrogen-bond acceptors (Lipinski definition) is 4. The van der Waals surface area contributed by atoms with Crippen molar-refractivity contribution < 1.29 is 9.59 Å². The molecule has 2 aliphatic rings. The SMILES string of the molecule is O=C(CNC(=O)N1CCN(c2ccccn2)CC1)NC1CCCCCC1. The van der Waals surface area contributed by atoms with E-state index in [0.29, 0.717) is 13.1 Å². The Morgan fingerprint density at radius 1 is 1.04 bits per heavy atom. The van der Waals surface area contributed by atoms with Crippen LogP contribution in [0.2, 0.25) is 0 Å². The lowest BCUT2D eigenvalue weighted by atomic mass is 10.1. The summed E-state index contributed by atoms with van der Waals surface area (Å²) in [6.45, 7) is 2.81. The fourth-order valence-electron chi connectivity index (χ4n) is 3.65. The van der Waals surface area contributed by atoms with Crippen LogP contribution in [0.3, 0.4) is 0 Å². The van der Waals surface area contributed by atoms with Crippen molar-refractivity contribution in [2.24, 2.45) is 0 Å². The molecule has 1 saturated carbocycles. The van der Waals surface area contributed by atoms with Crippen LogP contribution in [-0.4, -0.2) is 60.6 Å². The first-order chi connectivity index (χ1) is 12.7. The molecule has 0 bridgehead atoms. The Morgan fingerprint density at radius 2 is 1.77 bits per heavy atom. The van der Waals surface area contributed by atoms with Crippen LogP contribution in [0.1, 0.15) is 38.5 Å². The highest BCUT2D eigenvalue weighted by atomic mass is 16.2. The minimum Gasteiger partial charge on any atom is -0.353 e. The Bertz CT molecular complexity index is 579. The number of pyridine rings is 1. The summed E-state index contributed by atoms with van der Waals surface area (Å²) in [7, 11) is 0. The van der Waals surface area contributed by atoms with Crippen LogP contribution in [0.15, 0.2) is 24.4 Å². The second-order valence-corrected chi connectivity index (χ2v) is 7.08. The molecular weight excluding hydrogens is 330 g/mol. The molecule has 0 spiro atoms. The maximum Gasteiger partial charge on any atom is 0.317 e. The van der Waals surface area contributed by atoms with Crippen molar-refractivity contribution in [2.45, 2.75) is 44.6 Å². The van der Waals surface area contributed by atoms with Gasteiger partial charge in [0.05, 0.1) is 6.54 Å². The molecule has 2 heterocycles. The van der Waals surface area contributed by atoms with Crippen LogP contribution < -0.4 is 15.5 Å². The van der Waals surface area contributed by atoms with E-state index in [4.69, 9.17) is 0 Å². The van der Waals surface area contributed by atoms with Crippen molar-refractivity contribution in [3.05, 3.63) is 24.4 Å². The van der Waals surface area contributed by atoms with Gasteiger partial charge in [0, 0.05) is 38.4 Å². The van der Waals surface area contributed by atoms with Crippen LogP contribution in [0.5, 0.6) is 0 Å². The summed E-state index contributed by atoms with van der Waals surface area (Å²) in [5.41, 5.74) is 0. The van der Waals surface area contributed by atoms with Gasteiger partial charge in [-0.15, -0.1) is 0 Å². The zero-order valence-corrected chi connectivity index (χ0v) is 15.3. The molecule has 7 heteroatoms. The summed E-state index contributed by atoms with van der Waals surface area (Å²) in [4.78, 5) is 32.7. The fourth-order valence-corrected chi connectivity index (χ4v) is 3.65. The van der Waals surface area contributed by atoms with Gasteiger partial charge in [0.2, 0.25) is 5.91 Å². The van der Waals surface area contributed by atoms with Gasteiger partial charge in [-0.2, -0.15) is 0 Å². The standard InChI is InChI=1S/C19H29N5O2/c25-18(22-16-7-3-1-2-4-8-16)15-21-19(26)24-13-11-23(12-14-24)17-9-5-6-10-20-17/h5-6,9-10,16H,1-4,7-8,11-15H2,(H,21,26)(H,22,25). The molecule has 1 saturated heterocycles. The van der Waals surface area contributed by atoms with Crippen LogP contribution in [0.4, 0.5) is 10.6 Å². The highest BCUT2D eigenvalue weighted by Gasteiger charge is 2.22. The van der Waals surface area contributed by atoms with E-state index in [1.54, 1.807) is 11.1 Å². The van der Waals surface area contributed by atoms with E-state index in [2.05, 4.69) is 20.5 Å². The van der Waals surface area contributed by atoms with Crippen molar-refractivity contribution in [1.29, 1.82) is 0 Å². The van der Waals surface area contributed by atoms with Crippen molar-refractivity contribution in [3.63, 3.8) is 0 Å². The van der Waals surface area contributed by atoms with Crippen molar-refractivity contribution in [3.8, 4) is 0 Å². The molecule has 0 atom stereocenters. The molecule has 2 N–H and O–H groups in total. The zero-order valence-electron chi connectivity index (χ0n) is 15.3. The van der Waals surface area contributed by atoms with Gasteiger partial charge >= 0.3 is 6.03 Å². The molecule has 7 nitrogen and oxygen atoms in total. The maximum absolute atomic E-state index is 12.3. The van der Waals surface area contributed by atoms with Crippen LogP contribution in [0, 0.1) is 0 Å². The number of aromatic nitrogens is 1. The topological polar surface area (TPSA) is 77.6 Å². The van der Waals surface area contributed by atoms with Gasteiger partial charge in [-0.3, -0.25) is 4.79 Å². The minimum absolute atomic E-state index is 0.0514. The molecule has 1 aliphatic heterocycles. The van der Waals surface area contributed by atoms with Crippen LogP contribution in [0.25, 0.3) is 0 Å². The summed E-state index contributed by atoms with van der Waals surface area (Å²) in [6.07, 6.45) is 8.75. The van der Waals surface area contributed by atoms with Crippen molar-refractivity contribution in [1.82, 2.24) is 20.5 Å². The molecule has 3 rings (SSSR count). The molecule has 2 fully saturated rings. The second-order valence-electron chi connectivity index (χ2n) is 7.08. The summed E-state index contributed by atoms with van der Waals surface area (Å²) in [6, 6.07) is 5.94. The third-order valence-corrected chi connectivity index (χ3v) is 5.16. The monoisotopic (exact) mass is 359 g/mol. The Hall–Kier alpha value is -2.31. The Labute approximate surface area is 155 Å². The van der Waals surface area contributed by atoms with E-state index in [1.165, 1.54) is 25.7 Å². The summed E-state index contributed by atoms with van der Waals surface area (Å²) in [5.74, 6) is 0.854. The molecule has 0 aromatic carbocycles. The van der Waals surface area contributed by atoms with Gasteiger partial charge in [0.25, 0.3) is 0 Å². The Morgan fingerprint density at radius 3 is 2.42 bits per heavy atom. The fraction of sp³-hybridized carbons (Fsp3) is 0.632. The molecule has 1 aromatic heterocycles. The van der Waals surface area contributed by atoms with Gasteiger partial charge in [-0.1, -0.05) is 31.7 Å². The van der Waals surface area contributed by atoms with Gasteiger partial charge in [0.1, 0.15) is 5.82 Å². The predicted octanol–water partition coefficient (Wildman–Crippen LogP) is 1.75. The number of hydrogen-bond donors (Lipinski definition) is 2. The maximum atomic E-state index is 12.3. The largest absolute Gasteiger partial charge is 0.353 e. The van der Waals surface area contributed by atoms with Crippen LogP contribution >= 0.6 is 0 Å². The summed E-state index contributed by atoms with van der Waals surface area (Å²) < 4.78 is 0. The molecule has 1 aliphatic carbocycles. The third kappa shape index (κ3) is 5.34. The first-order valence-corrected chi connectivity index (χ1v) is 9.70. The van der Waals surface area contributed by atoms with E-state index in [1.807, 2.05) is 18.2 Å². The van der Waals surface area contributed by atoms with E-state index in [9.17, 15) is 9.59 Å². The average molecular weight is 359 g/mol. The van der Waals surface area contributed by atoms with Gasteiger partial charge in [-0.05, 0) is 25.0 Å². The third-order valence-electron chi connectivity index (χ3n) is 5.16. The Balaban J connectivity index is 1.37. The molecule has 0 radical (unpaired) electrons. The van der Waals surface area contributed by atoms with Gasteiger partial charge < -0.3 is 20.4 Å². The van der Waals surface area contributed by atoms with Gasteiger partial charge in [-0.25, -0.2) is 9.78 Å². The number of nitrogens with one attached hydrogen (secondary N) is 2. The molecule has 0 unspecified atom stereocenters. The second kappa shape index (κ2) is 9.40. The number of carbonyl (C=O) groups excluding carboxylic acids is 2. The first-order valence-electron chi connectivity index (χ1n) is 9.70. The smallest absolute Gasteiger partial charge is 0.317 e. The van der Waals surface area contributed by atoms with Crippen molar-refractivity contribution >= 4 is 17.8 Å². The lowest BCUT2D eigenvalue weighted by Gasteiger charge is -2.35. The first kappa shape index (κ1) is 18.5. The molecule has 3 amide bonds. The molecule has 142 valence electrons. The molecule has 1 aromatic rings. The molecular formula is C19H29N5O2. The Kier molecular flexibility index (Phi) is 6.68. The number of amides is 3. The predicted molar refractivity (Wildman–Crippen MR) is 101 cm³/mol. The van der Waals surface area contributed by atoms with Crippen LogP contribution in [-0.2, 0) is 4.79 Å². The lowest BCUT2D eigenvalue weighted by Crippen LogP contribution is -2.53. The number of piperazine rings is 1. The number of rotatable bonds is 4. The number of carbonyl (C=O) groups is 2. The number of nitrogens with zero attached hydrogens (tertiary/aromatic N) is 3. The lowest BCUT2D eigenvalue weighted by molar-refractivity contribution is -0.120. The normalized spacial score (nSPS) is 18.9. The summed E-state index contributed by atoms with van der Waals surface area (Å²) in [5, 5.41) is 5.81.